The fourth-order valence-corrected chi connectivity index (χ4v) is 3.09. The van der Waals surface area contributed by atoms with Gasteiger partial charge in [0.25, 0.3) is 0 Å². The number of halogens is 1. The first-order valence-electron chi connectivity index (χ1n) is 10.0. The first-order chi connectivity index (χ1) is 13.2. The molecule has 0 amide bonds. The van der Waals surface area contributed by atoms with Crippen LogP contribution in [-0.2, 0) is 14.2 Å². The van der Waals surface area contributed by atoms with Gasteiger partial charge in [-0.05, 0) is 25.8 Å². The second kappa shape index (κ2) is 14.1. The van der Waals surface area contributed by atoms with Gasteiger partial charge in [0, 0.05) is 52.9 Å². The summed E-state index contributed by atoms with van der Waals surface area (Å²) in [7, 11) is 1.77. The average molecular weight is 505 g/mol. The highest BCUT2D eigenvalue weighted by Gasteiger charge is 2.32. The molecule has 1 aliphatic rings. The van der Waals surface area contributed by atoms with Gasteiger partial charge in [-0.3, -0.25) is 4.99 Å². The van der Waals surface area contributed by atoms with E-state index >= 15 is 0 Å². The minimum absolute atomic E-state index is 0. The SMILES string of the molecule is CCNC(=NCC1(OC)CCOCC1)NCCCOC(C)c1ccccc1.I. The zero-order valence-corrected chi connectivity index (χ0v) is 19.7. The molecular formula is C21H36IN3O3. The zero-order valence-electron chi connectivity index (χ0n) is 17.4. The van der Waals surface area contributed by atoms with Gasteiger partial charge in [0.15, 0.2) is 5.96 Å². The van der Waals surface area contributed by atoms with Gasteiger partial charge in [-0.25, -0.2) is 0 Å². The van der Waals surface area contributed by atoms with Gasteiger partial charge in [0.1, 0.15) is 0 Å². The lowest BCUT2D eigenvalue weighted by Crippen LogP contribution is -2.44. The Bertz CT molecular complexity index is 551. The number of rotatable bonds is 10. The van der Waals surface area contributed by atoms with E-state index in [4.69, 9.17) is 19.2 Å². The Hall–Kier alpha value is -0.900. The van der Waals surface area contributed by atoms with E-state index in [1.165, 1.54) is 5.56 Å². The summed E-state index contributed by atoms with van der Waals surface area (Å²) in [4.78, 5) is 4.73. The van der Waals surface area contributed by atoms with E-state index in [0.717, 1.165) is 51.5 Å². The van der Waals surface area contributed by atoms with Crippen molar-refractivity contribution < 1.29 is 14.2 Å². The number of hydrogen-bond donors (Lipinski definition) is 2. The molecule has 28 heavy (non-hydrogen) atoms. The molecule has 2 N–H and O–H groups in total. The molecule has 1 aromatic carbocycles. The van der Waals surface area contributed by atoms with E-state index in [1.807, 2.05) is 18.2 Å². The highest BCUT2D eigenvalue weighted by atomic mass is 127. The lowest BCUT2D eigenvalue weighted by molar-refractivity contribution is -0.0828. The largest absolute Gasteiger partial charge is 0.381 e. The number of methoxy groups -OCH3 is 1. The lowest BCUT2D eigenvalue weighted by atomic mass is 9.94. The van der Waals surface area contributed by atoms with Gasteiger partial charge in [0.2, 0.25) is 0 Å². The Morgan fingerprint density at radius 1 is 1.21 bits per heavy atom. The minimum Gasteiger partial charge on any atom is -0.381 e. The molecule has 0 radical (unpaired) electrons. The van der Waals surface area contributed by atoms with E-state index in [-0.39, 0.29) is 35.7 Å². The molecule has 0 saturated carbocycles. The molecule has 1 atom stereocenters. The van der Waals surface area contributed by atoms with Gasteiger partial charge in [-0.1, -0.05) is 30.3 Å². The summed E-state index contributed by atoms with van der Waals surface area (Å²) in [6, 6.07) is 10.3. The van der Waals surface area contributed by atoms with Crippen molar-refractivity contribution in [3.05, 3.63) is 35.9 Å². The fourth-order valence-electron chi connectivity index (χ4n) is 3.09. The predicted molar refractivity (Wildman–Crippen MR) is 125 cm³/mol. The first kappa shape index (κ1) is 25.1. The molecule has 0 aromatic heterocycles. The average Bonchev–Trinajstić information content (AvgIpc) is 2.73. The van der Waals surface area contributed by atoms with E-state index in [1.54, 1.807) is 7.11 Å². The van der Waals surface area contributed by atoms with Gasteiger partial charge in [0.05, 0.1) is 18.2 Å². The number of ether oxygens (including phenoxy) is 3. The van der Waals surface area contributed by atoms with Gasteiger partial charge in [-0.2, -0.15) is 0 Å². The molecule has 1 fully saturated rings. The van der Waals surface area contributed by atoms with Crippen LogP contribution >= 0.6 is 24.0 Å². The van der Waals surface area contributed by atoms with Crippen LogP contribution < -0.4 is 10.6 Å². The lowest BCUT2D eigenvalue weighted by Gasteiger charge is -2.34. The second-order valence-corrected chi connectivity index (χ2v) is 6.90. The van der Waals surface area contributed by atoms with Crippen molar-refractivity contribution in [2.75, 3.05) is 46.6 Å². The third-order valence-corrected chi connectivity index (χ3v) is 4.96. The molecule has 0 bridgehead atoms. The van der Waals surface area contributed by atoms with Gasteiger partial charge < -0.3 is 24.8 Å². The van der Waals surface area contributed by atoms with Crippen molar-refractivity contribution in [1.29, 1.82) is 0 Å². The first-order valence-corrected chi connectivity index (χ1v) is 10.0. The number of hydrogen-bond acceptors (Lipinski definition) is 4. The van der Waals surface area contributed by atoms with Crippen molar-refractivity contribution in [2.24, 2.45) is 4.99 Å². The summed E-state index contributed by atoms with van der Waals surface area (Å²) in [6.07, 6.45) is 2.81. The third-order valence-electron chi connectivity index (χ3n) is 4.96. The maximum Gasteiger partial charge on any atom is 0.191 e. The van der Waals surface area contributed by atoms with Crippen LogP contribution in [0.15, 0.2) is 35.3 Å². The normalized spacial score (nSPS) is 17.5. The van der Waals surface area contributed by atoms with Crippen molar-refractivity contribution in [3.8, 4) is 0 Å². The fraction of sp³-hybridized carbons (Fsp3) is 0.667. The third kappa shape index (κ3) is 8.63. The summed E-state index contributed by atoms with van der Waals surface area (Å²) in [6.45, 7) is 8.64. The predicted octanol–water partition coefficient (Wildman–Crippen LogP) is 3.52. The van der Waals surface area contributed by atoms with Crippen LogP contribution in [0.4, 0.5) is 0 Å². The van der Waals surface area contributed by atoms with Crippen LogP contribution in [0.2, 0.25) is 0 Å². The van der Waals surface area contributed by atoms with Gasteiger partial charge >= 0.3 is 0 Å². The van der Waals surface area contributed by atoms with Crippen molar-refractivity contribution in [3.63, 3.8) is 0 Å². The molecule has 1 heterocycles. The summed E-state index contributed by atoms with van der Waals surface area (Å²) in [5, 5.41) is 6.69. The Kier molecular flexibility index (Phi) is 12.7. The molecule has 6 nitrogen and oxygen atoms in total. The van der Waals surface area contributed by atoms with E-state index in [0.29, 0.717) is 13.2 Å². The van der Waals surface area contributed by atoms with Crippen molar-refractivity contribution >= 4 is 29.9 Å². The molecule has 1 aromatic rings. The maximum atomic E-state index is 5.92. The number of guanidine groups is 1. The quantitative estimate of drug-likeness (QED) is 0.221. The monoisotopic (exact) mass is 505 g/mol. The molecule has 1 saturated heterocycles. The number of benzene rings is 1. The van der Waals surface area contributed by atoms with Crippen LogP contribution in [0.25, 0.3) is 0 Å². The van der Waals surface area contributed by atoms with E-state index < -0.39 is 0 Å². The number of aliphatic imine (C=N–C) groups is 1. The number of nitrogens with one attached hydrogen (secondary N) is 2. The van der Waals surface area contributed by atoms with E-state index in [2.05, 4.69) is 36.6 Å². The minimum atomic E-state index is -0.200. The zero-order chi connectivity index (χ0) is 19.4. The van der Waals surface area contributed by atoms with Crippen LogP contribution in [0, 0.1) is 0 Å². The Morgan fingerprint density at radius 3 is 2.57 bits per heavy atom. The summed E-state index contributed by atoms with van der Waals surface area (Å²) in [5.41, 5.74) is 1.01. The molecule has 160 valence electrons. The standard InChI is InChI=1S/C21H35N3O3.HI/c1-4-22-20(24-17-21(25-3)11-15-26-16-12-21)23-13-8-14-27-18(2)19-9-6-5-7-10-19;/h5-7,9-10,18H,4,8,11-17H2,1-3H3,(H2,22,23,24);1H. The Morgan fingerprint density at radius 2 is 1.93 bits per heavy atom. The van der Waals surface area contributed by atoms with Crippen molar-refractivity contribution in [1.82, 2.24) is 10.6 Å². The summed E-state index contributed by atoms with van der Waals surface area (Å²) in [5.74, 6) is 0.830. The molecule has 1 unspecified atom stereocenters. The summed E-state index contributed by atoms with van der Waals surface area (Å²) < 4.78 is 17.1. The second-order valence-electron chi connectivity index (χ2n) is 6.90. The molecular weight excluding hydrogens is 469 g/mol. The molecule has 2 rings (SSSR count). The van der Waals surface area contributed by atoms with Crippen LogP contribution in [0.3, 0.4) is 0 Å². The van der Waals surface area contributed by atoms with Crippen LogP contribution in [0.1, 0.15) is 44.8 Å². The van der Waals surface area contributed by atoms with Gasteiger partial charge in [-0.15, -0.1) is 24.0 Å². The topological polar surface area (TPSA) is 64.1 Å². The molecule has 7 heteroatoms. The highest BCUT2D eigenvalue weighted by molar-refractivity contribution is 14.0. The molecule has 0 spiro atoms. The Labute approximate surface area is 186 Å². The smallest absolute Gasteiger partial charge is 0.191 e. The highest BCUT2D eigenvalue weighted by Crippen LogP contribution is 2.24. The molecule has 1 aliphatic heterocycles. The number of nitrogens with zero attached hydrogens (tertiary/aromatic N) is 1. The van der Waals surface area contributed by atoms with Crippen LogP contribution in [-0.4, -0.2) is 58.1 Å². The molecule has 0 aliphatic carbocycles. The Balaban J connectivity index is 0.00000392. The van der Waals surface area contributed by atoms with E-state index in [9.17, 15) is 0 Å². The van der Waals surface area contributed by atoms with Crippen molar-refractivity contribution in [2.45, 2.75) is 44.8 Å². The van der Waals surface area contributed by atoms with Crippen LogP contribution in [0.5, 0.6) is 0 Å². The maximum absolute atomic E-state index is 5.92. The summed E-state index contributed by atoms with van der Waals surface area (Å²) >= 11 is 0.